The summed E-state index contributed by atoms with van der Waals surface area (Å²) in [7, 11) is -7.47. The lowest BCUT2D eigenvalue weighted by Crippen LogP contribution is -2.30. The van der Waals surface area contributed by atoms with Crippen LogP contribution in [0.15, 0.2) is 52.3 Å². The molecule has 3 aromatic rings. The van der Waals surface area contributed by atoms with Gasteiger partial charge < -0.3 is 0 Å². The van der Waals surface area contributed by atoms with Crippen molar-refractivity contribution < 1.29 is 16.8 Å². The van der Waals surface area contributed by atoms with Gasteiger partial charge in [0.15, 0.2) is 0 Å². The Morgan fingerprint density at radius 3 is 2.18 bits per heavy atom. The topological polar surface area (TPSA) is 96.4 Å². The zero-order valence-electron chi connectivity index (χ0n) is 15.7. The van der Waals surface area contributed by atoms with E-state index < -0.39 is 20.0 Å². The molecule has 1 aromatic heterocycles. The summed E-state index contributed by atoms with van der Waals surface area (Å²) in [5.41, 5.74) is 1.24. The smallest absolute Gasteiger partial charge is 0.261 e. The highest BCUT2D eigenvalue weighted by molar-refractivity contribution is 7.92. The van der Waals surface area contributed by atoms with Crippen molar-refractivity contribution in [1.29, 1.82) is 0 Å². The highest BCUT2D eigenvalue weighted by Gasteiger charge is 2.23. The van der Waals surface area contributed by atoms with E-state index in [0.29, 0.717) is 18.8 Å². The number of aromatic nitrogens is 1. The van der Waals surface area contributed by atoms with Crippen molar-refractivity contribution in [2.24, 2.45) is 0 Å². The first kappa shape index (κ1) is 20.7. The number of nitrogens with one attached hydrogen (secondary N) is 1. The van der Waals surface area contributed by atoms with Gasteiger partial charge in [-0.3, -0.25) is 4.72 Å². The van der Waals surface area contributed by atoms with Crippen molar-refractivity contribution in [3.8, 4) is 0 Å². The summed E-state index contributed by atoms with van der Waals surface area (Å²) in [6.45, 7) is 6.10. The van der Waals surface area contributed by atoms with Crippen LogP contribution in [0.4, 0.5) is 5.69 Å². The van der Waals surface area contributed by atoms with Crippen LogP contribution < -0.4 is 4.72 Å². The molecular weight excluding hydrogens is 418 g/mol. The Bertz CT molecular complexity index is 1200. The van der Waals surface area contributed by atoms with Crippen LogP contribution in [0.1, 0.15) is 18.9 Å². The molecule has 150 valence electrons. The molecular formula is C18H21N3O4S3. The van der Waals surface area contributed by atoms with Crippen LogP contribution >= 0.6 is 11.3 Å². The highest BCUT2D eigenvalue weighted by atomic mass is 32.2. The molecule has 0 bridgehead atoms. The van der Waals surface area contributed by atoms with E-state index in [1.807, 2.05) is 6.92 Å². The maximum Gasteiger partial charge on any atom is 0.261 e. The van der Waals surface area contributed by atoms with E-state index in [2.05, 4.69) is 9.71 Å². The Morgan fingerprint density at radius 2 is 1.57 bits per heavy atom. The number of nitrogens with zero attached hydrogens (tertiary/aromatic N) is 2. The standard InChI is InChI=1S/C18H21N3O4S3/c1-4-21(5-2)28(24,25)16-9-7-15(8-10-16)27(22,23)20-14-6-11-17-18(12-14)26-13(3)19-17/h6-12,20H,4-5H2,1-3H3. The summed E-state index contributed by atoms with van der Waals surface area (Å²) in [5, 5.41) is 0.903. The fourth-order valence-corrected chi connectivity index (χ4v) is 6.19. The molecule has 28 heavy (non-hydrogen) atoms. The van der Waals surface area contributed by atoms with Crippen LogP contribution in [-0.4, -0.2) is 39.2 Å². The van der Waals surface area contributed by atoms with Crippen molar-refractivity contribution in [2.75, 3.05) is 17.8 Å². The summed E-state index contributed by atoms with van der Waals surface area (Å²) < 4.78 is 55.1. The molecule has 3 rings (SSSR count). The Kier molecular flexibility index (Phi) is 5.76. The number of benzene rings is 2. The normalized spacial score (nSPS) is 12.6. The minimum absolute atomic E-state index is 0.00780. The van der Waals surface area contributed by atoms with E-state index in [1.165, 1.54) is 39.9 Å². The maximum absolute atomic E-state index is 12.7. The van der Waals surface area contributed by atoms with Gasteiger partial charge >= 0.3 is 0 Å². The minimum atomic E-state index is -3.84. The average Bonchev–Trinajstić information content (AvgIpc) is 3.01. The molecule has 0 radical (unpaired) electrons. The lowest BCUT2D eigenvalue weighted by atomic mass is 10.3. The molecule has 1 N–H and O–H groups in total. The molecule has 0 aliphatic carbocycles. The average molecular weight is 440 g/mol. The van der Waals surface area contributed by atoms with Gasteiger partial charge in [0.1, 0.15) is 0 Å². The lowest BCUT2D eigenvalue weighted by molar-refractivity contribution is 0.445. The molecule has 0 fully saturated rings. The van der Waals surface area contributed by atoms with Gasteiger partial charge in [-0.05, 0) is 49.4 Å². The second-order valence-electron chi connectivity index (χ2n) is 6.08. The molecule has 0 unspecified atom stereocenters. The quantitative estimate of drug-likeness (QED) is 0.608. The van der Waals surface area contributed by atoms with Crippen molar-refractivity contribution >= 4 is 47.3 Å². The summed E-state index contributed by atoms with van der Waals surface area (Å²) >= 11 is 1.48. The zero-order chi connectivity index (χ0) is 20.5. The molecule has 2 aromatic carbocycles. The first-order valence-corrected chi connectivity index (χ1v) is 12.4. The number of thiazole rings is 1. The van der Waals surface area contributed by atoms with Crippen LogP contribution in [0.5, 0.6) is 0 Å². The van der Waals surface area contributed by atoms with E-state index in [1.54, 1.807) is 32.0 Å². The number of anilines is 1. The summed E-state index contributed by atoms with van der Waals surface area (Å²) in [4.78, 5) is 4.41. The van der Waals surface area contributed by atoms with Gasteiger partial charge in [0.2, 0.25) is 10.0 Å². The molecule has 0 saturated heterocycles. The van der Waals surface area contributed by atoms with Crippen molar-refractivity contribution in [1.82, 2.24) is 9.29 Å². The molecule has 0 saturated carbocycles. The minimum Gasteiger partial charge on any atom is -0.280 e. The van der Waals surface area contributed by atoms with E-state index in [-0.39, 0.29) is 9.79 Å². The van der Waals surface area contributed by atoms with Crippen molar-refractivity contribution in [2.45, 2.75) is 30.6 Å². The fraction of sp³-hybridized carbons (Fsp3) is 0.278. The molecule has 0 spiro atoms. The second kappa shape index (κ2) is 7.78. The van der Waals surface area contributed by atoms with Gasteiger partial charge in [0.05, 0.1) is 30.7 Å². The van der Waals surface area contributed by atoms with Crippen LogP contribution in [0, 0.1) is 6.92 Å². The lowest BCUT2D eigenvalue weighted by Gasteiger charge is -2.18. The zero-order valence-corrected chi connectivity index (χ0v) is 18.2. The number of sulfonamides is 2. The third kappa shape index (κ3) is 4.04. The maximum atomic E-state index is 12.7. The van der Waals surface area contributed by atoms with Gasteiger partial charge in [-0.2, -0.15) is 4.31 Å². The highest BCUT2D eigenvalue weighted by Crippen LogP contribution is 2.26. The number of hydrogen-bond donors (Lipinski definition) is 1. The summed E-state index contributed by atoms with van der Waals surface area (Å²) in [6.07, 6.45) is 0. The first-order chi connectivity index (χ1) is 13.2. The van der Waals surface area contributed by atoms with Crippen molar-refractivity contribution in [3.05, 3.63) is 47.5 Å². The van der Waals surface area contributed by atoms with Crippen LogP contribution in [0.2, 0.25) is 0 Å². The number of fused-ring (bicyclic) bond motifs is 1. The summed E-state index contributed by atoms with van der Waals surface area (Å²) in [5.74, 6) is 0. The third-order valence-corrected chi connectivity index (χ3v) is 8.62. The number of hydrogen-bond acceptors (Lipinski definition) is 6. The molecule has 10 heteroatoms. The predicted molar refractivity (Wildman–Crippen MR) is 112 cm³/mol. The van der Waals surface area contributed by atoms with Gasteiger partial charge in [-0.25, -0.2) is 21.8 Å². The molecule has 1 heterocycles. The van der Waals surface area contributed by atoms with Crippen LogP contribution in [0.3, 0.4) is 0 Å². The van der Waals surface area contributed by atoms with E-state index >= 15 is 0 Å². The second-order valence-corrected chi connectivity index (χ2v) is 10.9. The molecule has 0 atom stereocenters. The Hall–Kier alpha value is -2.01. The fourth-order valence-electron chi connectivity index (χ4n) is 2.82. The van der Waals surface area contributed by atoms with Gasteiger partial charge in [-0.1, -0.05) is 13.8 Å². The van der Waals surface area contributed by atoms with E-state index in [4.69, 9.17) is 0 Å². The monoisotopic (exact) mass is 439 g/mol. The van der Waals surface area contributed by atoms with Crippen LogP contribution in [-0.2, 0) is 20.0 Å². The van der Waals surface area contributed by atoms with Gasteiger partial charge in [0.25, 0.3) is 10.0 Å². The van der Waals surface area contributed by atoms with Gasteiger partial charge in [-0.15, -0.1) is 11.3 Å². The van der Waals surface area contributed by atoms with E-state index in [0.717, 1.165) is 15.2 Å². The van der Waals surface area contributed by atoms with Gasteiger partial charge in [0, 0.05) is 13.1 Å². The van der Waals surface area contributed by atoms with Crippen LogP contribution in [0.25, 0.3) is 10.2 Å². The Labute approximate surface area is 169 Å². The largest absolute Gasteiger partial charge is 0.280 e. The molecule has 7 nitrogen and oxygen atoms in total. The van der Waals surface area contributed by atoms with Crippen molar-refractivity contribution in [3.63, 3.8) is 0 Å². The molecule has 0 aliphatic rings. The number of rotatable bonds is 7. The molecule has 0 amide bonds. The molecule has 0 aliphatic heterocycles. The Morgan fingerprint density at radius 1 is 0.964 bits per heavy atom. The van der Waals surface area contributed by atoms with E-state index in [9.17, 15) is 16.8 Å². The predicted octanol–water partition coefficient (Wildman–Crippen LogP) is 3.44. The first-order valence-electron chi connectivity index (χ1n) is 8.67. The SMILES string of the molecule is CCN(CC)S(=O)(=O)c1ccc(S(=O)(=O)Nc2ccc3nc(C)sc3c2)cc1. The third-order valence-electron chi connectivity index (χ3n) is 4.22. The Balaban J connectivity index is 1.87. The summed E-state index contributed by atoms with van der Waals surface area (Å²) in [6, 6.07) is 10.4. The number of aryl methyl sites for hydroxylation is 1.